The van der Waals surface area contributed by atoms with E-state index in [0.29, 0.717) is 24.3 Å². The van der Waals surface area contributed by atoms with Crippen molar-refractivity contribution in [2.45, 2.75) is 10.6 Å². The molecule has 4 rings (SSSR count). The van der Waals surface area contributed by atoms with Crippen molar-refractivity contribution in [1.82, 2.24) is 9.29 Å². The van der Waals surface area contributed by atoms with E-state index in [2.05, 4.69) is 4.98 Å². The molecule has 29 heavy (non-hydrogen) atoms. The zero-order chi connectivity index (χ0) is 20.3. The molecule has 2 heterocycles. The van der Waals surface area contributed by atoms with Gasteiger partial charge in [-0.1, -0.05) is 66.7 Å². The van der Waals surface area contributed by atoms with E-state index in [1.165, 1.54) is 10.5 Å². The van der Waals surface area contributed by atoms with Crippen LogP contribution in [0.4, 0.5) is 0 Å². The van der Waals surface area contributed by atoms with Gasteiger partial charge in [0.1, 0.15) is 5.60 Å². The first-order valence-electron chi connectivity index (χ1n) is 9.41. The lowest BCUT2D eigenvalue weighted by molar-refractivity contribution is 0.0726. The summed E-state index contributed by atoms with van der Waals surface area (Å²) in [6, 6.07) is 21.4. The van der Waals surface area contributed by atoms with Crippen molar-refractivity contribution in [1.29, 1.82) is 0 Å². The highest BCUT2D eigenvalue weighted by Crippen LogP contribution is 2.39. The van der Waals surface area contributed by atoms with Crippen molar-refractivity contribution in [2.24, 2.45) is 0 Å². The topological polar surface area (TPSA) is 79.7 Å². The second-order valence-electron chi connectivity index (χ2n) is 6.82. The Kier molecular flexibility index (Phi) is 5.47. The molecule has 2 aromatic carbocycles. The highest BCUT2D eigenvalue weighted by Gasteiger charge is 2.40. The molecular formula is C22H22N2O4S. The van der Waals surface area contributed by atoms with Crippen LogP contribution in [0.25, 0.3) is 0 Å². The number of pyridine rings is 1. The molecule has 0 unspecified atom stereocenters. The van der Waals surface area contributed by atoms with Crippen molar-refractivity contribution < 1.29 is 18.3 Å². The Labute approximate surface area is 170 Å². The minimum Gasteiger partial charge on any atom is -0.379 e. The van der Waals surface area contributed by atoms with Gasteiger partial charge in [-0.15, -0.1) is 0 Å². The third-order valence-electron chi connectivity index (χ3n) is 5.10. The summed E-state index contributed by atoms with van der Waals surface area (Å²) < 4.78 is 33.5. The zero-order valence-electron chi connectivity index (χ0n) is 15.8. The zero-order valence-corrected chi connectivity index (χ0v) is 16.6. The third kappa shape index (κ3) is 3.58. The molecule has 0 spiro atoms. The molecule has 3 aromatic rings. The minimum atomic E-state index is -3.91. The summed E-state index contributed by atoms with van der Waals surface area (Å²) in [6.45, 7) is 1.19. The number of morpholine rings is 1. The van der Waals surface area contributed by atoms with Crippen molar-refractivity contribution in [2.75, 3.05) is 26.3 Å². The second-order valence-corrected chi connectivity index (χ2v) is 8.67. The summed E-state index contributed by atoms with van der Waals surface area (Å²) in [4.78, 5) is 4.21. The minimum absolute atomic E-state index is 0.142. The average molecular weight is 410 g/mol. The maximum atomic E-state index is 13.4. The van der Waals surface area contributed by atoms with E-state index < -0.39 is 15.6 Å². The van der Waals surface area contributed by atoms with Gasteiger partial charge in [0, 0.05) is 24.8 Å². The standard InChI is InChI=1S/C22H22N2O4S/c25-22(18-8-3-1-4-9-18,19-10-5-2-6-11-19)20-12-7-13-23-21(20)29(26,27)24-14-16-28-17-15-24/h1-13,25H,14-17H2. The molecule has 6 nitrogen and oxygen atoms in total. The third-order valence-corrected chi connectivity index (χ3v) is 6.96. The molecule has 1 aliphatic rings. The van der Waals surface area contributed by atoms with E-state index in [0.717, 1.165) is 0 Å². The van der Waals surface area contributed by atoms with E-state index in [1.807, 2.05) is 36.4 Å². The first kappa shape index (κ1) is 19.7. The van der Waals surface area contributed by atoms with Crippen molar-refractivity contribution in [3.05, 3.63) is 95.7 Å². The Hall–Kier alpha value is -2.58. The smallest absolute Gasteiger partial charge is 0.261 e. The highest BCUT2D eigenvalue weighted by molar-refractivity contribution is 7.89. The van der Waals surface area contributed by atoms with Gasteiger partial charge in [-0.05, 0) is 17.2 Å². The lowest BCUT2D eigenvalue weighted by Crippen LogP contribution is -2.42. The first-order chi connectivity index (χ1) is 14.0. The molecule has 150 valence electrons. The average Bonchev–Trinajstić information content (AvgIpc) is 2.80. The molecule has 1 aromatic heterocycles. The Balaban J connectivity index is 1.94. The number of benzene rings is 2. The lowest BCUT2D eigenvalue weighted by Gasteiger charge is -2.33. The van der Waals surface area contributed by atoms with Gasteiger partial charge in [-0.2, -0.15) is 4.31 Å². The molecule has 1 fully saturated rings. The molecule has 0 bridgehead atoms. The number of hydrogen-bond donors (Lipinski definition) is 1. The van der Waals surface area contributed by atoms with E-state index in [-0.39, 0.29) is 23.7 Å². The van der Waals surface area contributed by atoms with Gasteiger partial charge in [0.15, 0.2) is 5.03 Å². The van der Waals surface area contributed by atoms with Gasteiger partial charge in [0.2, 0.25) is 0 Å². The molecule has 0 saturated carbocycles. The van der Waals surface area contributed by atoms with Gasteiger partial charge in [0.05, 0.1) is 13.2 Å². The van der Waals surface area contributed by atoms with Gasteiger partial charge in [-0.3, -0.25) is 0 Å². The molecule has 0 radical (unpaired) electrons. The van der Waals surface area contributed by atoms with Crippen LogP contribution < -0.4 is 0 Å². The molecule has 7 heteroatoms. The van der Waals surface area contributed by atoms with Crippen LogP contribution in [-0.4, -0.2) is 49.1 Å². The number of aliphatic hydroxyl groups is 1. The number of sulfonamides is 1. The van der Waals surface area contributed by atoms with E-state index >= 15 is 0 Å². The molecule has 0 atom stereocenters. The molecule has 1 N–H and O–H groups in total. The van der Waals surface area contributed by atoms with Gasteiger partial charge in [0.25, 0.3) is 10.0 Å². The Morgan fingerprint density at radius 2 is 1.41 bits per heavy atom. The van der Waals surface area contributed by atoms with Crippen LogP contribution in [0.2, 0.25) is 0 Å². The van der Waals surface area contributed by atoms with Crippen molar-refractivity contribution in [3.63, 3.8) is 0 Å². The lowest BCUT2D eigenvalue weighted by atomic mass is 9.81. The summed E-state index contributed by atoms with van der Waals surface area (Å²) in [5, 5.41) is 11.9. The van der Waals surface area contributed by atoms with Gasteiger partial charge in [-0.25, -0.2) is 13.4 Å². The molecular weight excluding hydrogens is 388 g/mol. The van der Waals surface area contributed by atoms with Crippen molar-refractivity contribution >= 4 is 10.0 Å². The maximum absolute atomic E-state index is 13.4. The maximum Gasteiger partial charge on any atom is 0.261 e. The summed E-state index contributed by atoms with van der Waals surface area (Å²) >= 11 is 0. The largest absolute Gasteiger partial charge is 0.379 e. The van der Waals surface area contributed by atoms with Crippen LogP contribution in [0.3, 0.4) is 0 Å². The van der Waals surface area contributed by atoms with E-state index in [4.69, 9.17) is 4.74 Å². The summed E-state index contributed by atoms with van der Waals surface area (Å²) in [5.74, 6) is 0. The molecule has 1 aliphatic heterocycles. The summed E-state index contributed by atoms with van der Waals surface area (Å²) in [6.07, 6.45) is 1.44. The molecule has 0 aliphatic carbocycles. The van der Waals surface area contributed by atoms with Crippen LogP contribution in [0.5, 0.6) is 0 Å². The van der Waals surface area contributed by atoms with E-state index in [9.17, 15) is 13.5 Å². The number of hydrogen-bond acceptors (Lipinski definition) is 5. The fourth-order valence-electron chi connectivity index (χ4n) is 3.62. The number of ether oxygens (including phenoxy) is 1. The quantitative estimate of drug-likeness (QED) is 0.699. The van der Waals surface area contributed by atoms with Crippen LogP contribution in [0.15, 0.2) is 84.0 Å². The van der Waals surface area contributed by atoms with Crippen molar-refractivity contribution in [3.8, 4) is 0 Å². The summed E-state index contributed by atoms with van der Waals surface area (Å²) in [7, 11) is -3.91. The number of rotatable bonds is 5. The predicted molar refractivity (Wildman–Crippen MR) is 109 cm³/mol. The Morgan fingerprint density at radius 3 is 1.97 bits per heavy atom. The molecule has 0 amide bonds. The summed E-state index contributed by atoms with van der Waals surface area (Å²) in [5.41, 5.74) is -0.315. The van der Waals surface area contributed by atoms with Crippen LogP contribution in [-0.2, 0) is 20.4 Å². The normalized spacial score (nSPS) is 15.9. The van der Waals surface area contributed by atoms with Crippen LogP contribution >= 0.6 is 0 Å². The van der Waals surface area contributed by atoms with Gasteiger partial charge >= 0.3 is 0 Å². The Morgan fingerprint density at radius 1 is 0.862 bits per heavy atom. The SMILES string of the molecule is O=S(=O)(c1ncccc1C(O)(c1ccccc1)c1ccccc1)N1CCOCC1. The second kappa shape index (κ2) is 8.04. The number of nitrogens with zero attached hydrogens (tertiary/aromatic N) is 2. The van der Waals surface area contributed by atoms with Crippen LogP contribution in [0, 0.1) is 0 Å². The Bertz CT molecular complexity index is 1030. The monoisotopic (exact) mass is 410 g/mol. The van der Waals surface area contributed by atoms with Crippen LogP contribution in [0.1, 0.15) is 16.7 Å². The highest BCUT2D eigenvalue weighted by atomic mass is 32.2. The first-order valence-corrected chi connectivity index (χ1v) is 10.9. The fourth-order valence-corrected chi connectivity index (χ4v) is 5.18. The molecule has 1 saturated heterocycles. The van der Waals surface area contributed by atoms with Gasteiger partial charge < -0.3 is 9.84 Å². The number of aromatic nitrogens is 1. The van der Waals surface area contributed by atoms with E-state index in [1.54, 1.807) is 36.4 Å². The fraction of sp³-hybridized carbons (Fsp3) is 0.227. The predicted octanol–water partition coefficient (Wildman–Crippen LogP) is 2.39.